The highest BCUT2D eigenvalue weighted by Crippen LogP contribution is 2.25. The third-order valence-corrected chi connectivity index (χ3v) is 7.10. The smallest absolute Gasteiger partial charge is 0.410 e. The zero-order chi connectivity index (χ0) is 35.8. The fourth-order valence-corrected chi connectivity index (χ4v) is 4.92. The number of carboxylic acid groups (broad SMARTS) is 1. The van der Waals surface area contributed by atoms with E-state index in [1.54, 1.807) is 71.0 Å². The first-order valence-corrected chi connectivity index (χ1v) is 15.6. The molecule has 48 heavy (non-hydrogen) atoms. The quantitative estimate of drug-likeness (QED) is 0.155. The molecule has 1 atom stereocenters. The maximum Gasteiger partial charge on any atom is 0.410 e. The van der Waals surface area contributed by atoms with Crippen molar-refractivity contribution in [2.24, 2.45) is 0 Å². The molecule has 0 bridgehead atoms. The molecular weight excluding hydrogens is 663 g/mol. The maximum atomic E-state index is 13.0. The first-order chi connectivity index (χ1) is 22.4. The van der Waals surface area contributed by atoms with Gasteiger partial charge in [0.2, 0.25) is 0 Å². The van der Waals surface area contributed by atoms with Crippen molar-refractivity contribution in [3.63, 3.8) is 0 Å². The molecule has 14 heteroatoms. The Morgan fingerprint density at radius 3 is 2.06 bits per heavy atom. The number of amides is 4. The number of aromatic carboxylic acids is 1. The van der Waals surface area contributed by atoms with Crippen molar-refractivity contribution >= 4 is 64.5 Å². The number of carbonyl (C=O) groups is 5. The van der Waals surface area contributed by atoms with Gasteiger partial charge in [0.15, 0.2) is 0 Å². The van der Waals surface area contributed by atoms with E-state index in [1.165, 1.54) is 36.2 Å². The molecule has 0 aromatic heterocycles. The summed E-state index contributed by atoms with van der Waals surface area (Å²) < 4.78 is 10.7. The fourth-order valence-electron chi connectivity index (χ4n) is 4.35. The Labute approximate surface area is 288 Å². The highest BCUT2D eigenvalue weighted by atomic mass is 35.5. The molecule has 0 radical (unpaired) electrons. The highest BCUT2D eigenvalue weighted by molar-refractivity contribution is 6.39. The summed E-state index contributed by atoms with van der Waals surface area (Å²) in [6.45, 7) is 8.68. The van der Waals surface area contributed by atoms with Crippen LogP contribution in [0.3, 0.4) is 0 Å². The van der Waals surface area contributed by atoms with Gasteiger partial charge in [-0.25, -0.2) is 19.2 Å². The third kappa shape index (κ3) is 11.2. The normalized spacial score (nSPS) is 11.7. The van der Waals surface area contributed by atoms with E-state index >= 15 is 0 Å². The lowest BCUT2D eigenvalue weighted by Gasteiger charge is -2.24. The first kappa shape index (κ1) is 37.6. The zero-order valence-electron chi connectivity index (χ0n) is 27.4. The lowest BCUT2D eigenvalue weighted by Crippen LogP contribution is -2.44. The van der Waals surface area contributed by atoms with Crippen LogP contribution >= 0.6 is 23.2 Å². The lowest BCUT2D eigenvalue weighted by atomic mass is 10.0. The second-order valence-corrected chi connectivity index (χ2v) is 12.9. The number of nitrogens with zero attached hydrogens (tertiary/aromatic N) is 1. The molecule has 0 aliphatic rings. The maximum absolute atomic E-state index is 13.0. The molecule has 3 aromatic carbocycles. The predicted molar refractivity (Wildman–Crippen MR) is 183 cm³/mol. The second kappa shape index (κ2) is 16.3. The molecule has 0 fully saturated rings. The summed E-state index contributed by atoms with van der Waals surface area (Å²) in [5, 5.41) is 17.8. The SMILES string of the molecule is CC(C)OC(=O)[C@H](Cc1ccc(NC(=O)Nc2ccc(CN(C)C(=O)OC(C)(C)C)cc2C(=O)O)cc1)NC(=O)c1c(Cl)cccc1Cl. The molecule has 12 nitrogen and oxygen atoms in total. The van der Waals surface area contributed by atoms with E-state index in [0.29, 0.717) is 16.8 Å². The number of halogens is 2. The molecule has 0 saturated heterocycles. The van der Waals surface area contributed by atoms with Crippen LogP contribution in [0.1, 0.15) is 66.5 Å². The van der Waals surface area contributed by atoms with Crippen molar-refractivity contribution in [1.29, 1.82) is 0 Å². The summed E-state index contributed by atoms with van der Waals surface area (Å²) in [5.41, 5.74) is 0.741. The van der Waals surface area contributed by atoms with Gasteiger partial charge in [0.1, 0.15) is 11.6 Å². The van der Waals surface area contributed by atoms with Crippen LogP contribution in [0.2, 0.25) is 10.0 Å². The van der Waals surface area contributed by atoms with Crippen molar-refractivity contribution in [2.45, 2.75) is 65.3 Å². The van der Waals surface area contributed by atoms with Gasteiger partial charge in [0.25, 0.3) is 5.91 Å². The molecule has 0 heterocycles. The summed E-state index contributed by atoms with van der Waals surface area (Å²) in [7, 11) is 1.53. The Hall–Kier alpha value is -4.81. The average molecular weight is 702 g/mol. The van der Waals surface area contributed by atoms with Gasteiger partial charge in [0.05, 0.1) is 33.0 Å². The van der Waals surface area contributed by atoms with Crippen molar-refractivity contribution in [2.75, 3.05) is 17.7 Å². The monoisotopic (exact) mass is 700 g/mol. The molecule has 0 saturated carbocycles. The number of nitrogens with one attached hydrogen (secondary N) is 3. The molecule has 4 amide bonds. The van der Waals surface area contributed by atoms with Crippen LogP contribution < -0.4 is 16.0 Å². The highest BCUT2D eigenvalue weighted by Gasteiger charge is 2.26. The summed E-state index contributed by atoms with van der Waals surface area (Å²) in [6, 6.07) is 13.7. The Morgan fingerprint density at radius 1 is 0.896 bits per heavy atom. The Balaban J connectivity index is 1.68. The molecule has 0 aliphatic heterocycles. The number of urea groups is 1. The number of carboxylic acids is 1. The van der Waals surface area contributed by atoms with Crippen molar-refractivity contribution in [3.05, 3.63) is 93.0 Å². The van der Waals surface area contributed by atoms with Gasteiger partial charge < -0.3 is 35.4 Å². The van der Waals surface area contributed by atoms with Crippen LogP contribution in [0.4, 0.5) is 21.0 Å². The van der Waals surface area contributed by atoms with Crippen molar-refractivity contribution in [3.8, 4) is 0 Å². The van der Waals surface area contributed by atoms with E-state index in [1.807, 2.05) is 0 Å². The summed E-state index contributed by atoms with van der Waals surface area (Å²) >= 11 is 12.3. The summed E-state index contributed by atoms with van der Waals surface area (Å²) in [4.78, 5) is 64.3. The molecule has 4 N–H and O–H groups in total. The van der Waals surface area contributed by atoms with Crippen molar-refractivity contribution < 1.29 is 38.6 Å². The van der Waals surface area contributed by atoms with Gasteiger partial charge >= 0.3 is 24.1 Å². The van der Waals surface area contributed by atoms with Crippen LogP contribution in [0, 0.1) is 0 Å². The molecule has 256 valence electrons. The number of hydrogen-bond donors (Lipinski definition) is 4. The Bertz CT molecular complexity index is 1650. The summed E-state index contributed by atoms with van der Waals surface area (Å²) in [6.07, 6.45) is -0.935. The van der Waals surface area contributed by atoms with E-state index in [2.05, 4.69) is 16.0 Å². The van der Waals surface area contributed by atoms with Gasteiger partial charge in [-0.3, -0.25) is 4.79 Å². The van der Waals surface area contributed by atoms with E-state index in [0.717, 1.165) is 0 Å². The summed E-state index contributed by atoms with van der Waals surface area (Å²) in [5.74, 6) is -2.57. The van der Waals surface area contributed by atoms with E-state index in [-0.39, 0.29) is 39.8 Å². The number of rotatable bonds is 11. The number of carbonyl (C=O) groups excluding carboxylic acids is 4. The molecule has 0 unspecified atom stereocenters. The zero-order valence-corrected chi connectivity index (χ0v) is 28.9. The van der Waals surface area contributed by atoms with Crippen LogP contribution in [-0.4, -0.2) is 64.8 Å². The lowest BCUT2D eigenvalue weighted by molar-refractivity contribution is -0.149. The Morgan fingerprint density at radius 2 is 1.50 bits per heavy atom. The minimum Gasteiger partial charge on any atom is -0.478 e. The predicted octanol–water partition coefficient (Wildman–Crippen LogP) is 7.00. The van der Waals surface area contributed by atoms with E-state index in [4.69, 9.17) is 32.7 Å². The van der Waals surface area contributed by atoms with Crippen LogP contribution in [0.5, 0.6) is 0 Å². The first-order valence-electron chi connectivity index (χ1n) is 14.9. The van der Waals surface area contributed by atoms with Gasteiger partial charge in [0, 0.05) is 25.7 Å². The topological polar surface area (TPSA) is 163 Å². The molecular formula is C34H38Cl2N4O8. The number of benzene rings is 3. The molecule has 0 spiro atoms. The van der Waals surface area contributed by atoms with Gasteiger partial charge in [-0.15, -0.1) is 0 Å². The van der Waals surface area contributed by atoms with Crippen LogP contribution in [-0.2, 0) is 27.2 Å². The van der Waals surface area contributed by atoms with E-state index < -0.39 is 47.7 Å². The van der Waals surface area contributed by atoms with Crippen LogP contribution in [0.25, 0.3) is 0 Å². The average Bonchev–Trinajstić information content (AvgIpc) is 2.97. The molecule has 0 aliphatic carbocycles. The third-order valence-electron chi connectivity index (χ3n) is 6.47. The minimum absolute atomic E-state index is 0.0302. The van der Waals surface area contributed by atoms with Gasteiger partial charge in [-0.2, -0.15) is 0 Å². The number of ether oxygens (including phenoxy) is 2. The standard InChI is InChI=1S/C34H38Cl2N4O8/c1-19(2)47-31(44)27(38-29(41)28-24(35)8-7-9-25(28)36)17-20-10-13-22(14-11-20)37-32(45)39-26-15-12-21(16-23(26)30(42)43)18-40(6)33(46)48-34(3,4)5/h7-16,19,27H,17-18H2,1-6H3,(H,38,41)(H,42,43)(H2,37,39,45)/t27-/m0/s1. The number of hydrogen-bond acceptors (Lipinski definition) is 7. The number of anilines is 2. The van der Waals surface area contributed by atoms with Gasteiger partial charge in [-0.1, -0.05) is 47.5 Å². The van der Waals surface area contributed by atoms with Crippen molar-refractivity contribution in [1.82, 2.24) is 10.2 Å². The van der Waals surface area contributed by atoms with E-state index in [9.17, 15) is 29.1 Å². The van der Waals surface area contributed by atoms with Crippen LogP contribution in [0.15, 0.2) is 60.7 Å². The Kier molecular flexibility index (Phi) is 12.8. The number of esters is 1. The minimum atomic E-state index is -1.27. The fraction of sp³-hybridized carbons (Fsp3) is 0.324. The largest absolute Gasteiger partial charge is 0.478 e. The second-order valence-electron chi connectivity index (χ2n) is 12.1. The molecule has 3 rings (SSSR count). The van der Waals surface area contributed by atoms with Gasteiger partial charge in [-0.05, 0) is 82.1 Å². The molecule has 3 aromatic rings.